The van der Waals surface area contributed by atoms with Crippen LogP contribution < -0.4 is 5.32 Å². The lowest BCUT2D eigenvalue weighted by atomic mass is 9.94. The number of pyridine rings is 1. The van der Waals surface area contributed by atoms with Crippen molar-refractivity contribution >= 4 is 0 Å². The monoisotopic (exact) mass is 233 g/mol. The number of nitriles is 1. The van der Waals surface area contributed by atoms with Crippen LogP contribution >= 0.6 is 0 Å². The van der Waals surface area contributed by atoms with Crippen molar-refractivity contribution in [2.75, 3.05) is 6.61 Å². The molecule has 0 saturated heterocycles. The van der Waals surface area contributed by atoms with Crippen LogP contribution in [0.1, 0.15) is 37.9 Å². The van der Waals surface area contributed by atoms with Crippen molar-refractivity contribution in [1.29, 1.82) is 5.26 Å². The zero-order valence-electron chi connectivity index (χ0n) is 10.4. The molecule has 17 heavy (non-hydrogen) atoms. The van der Waals surface area contributed by atoms with Crippen LogP contribution in [0.2, 0.25) is 0 Å². The number of nitrogens with one attached hydrogen (secondary N) is 1. The fraction of sp³-hybridized carbons (Fsp3) is 0.538. The molecule has 0 aliphatic rings. The van der Waals surface area contributed by atoms with Gasteiger partial charge in [-0.2, -0.15) is 5.26 Å². The van der Waals surface area contributed by atoms with Crippen LogP contribution in [0.4, 0.5) is 0 Å². The van der Waals surface area contributed by atoms with Crippen molar-refractivity contribution < 1.29 is 5.11 Å². The van der Waals surface area contributed by atoms with E-state index in [9.17, 15) is 0 Å². The summed E-state index contributed by atoms with van der Waals surface area (Å²) in [5, 5.41) is 21.3. The fourth-order valence-corrected chi connectivity index (χ4v) is 1.63. The van der Waals surface area contributed by atoms with Gasteiger partial charge in [0.1, 0.15) is 11.8 Å². The second kappa shape index (κ2) is 6.33. The van der Waals surface area contributed by atoms with Crippen LogP contribution in [0.25, 0.3) is 0 Å². The minimum Gasteiger partial charge on any atom is -0.396 e. The summed E-state index contributed by atoms with van der Waals surface area (Å²) in [5.74, 6) is 0. The predicted octanol–water partition coefficient (Wildman–Crippen LogP) is 1.59. The Labute approximate surface area is 102 Å². The smallest absolute Gasteiger partial charge is 0.144 e. The Morgan fingerprint density at radius 3 is 2.94 bits per heavy atom. The lowest BCUT2D eigenvalue weighted by Gasteiger charge is -2.29. The zero-order chi connectivity index (χ0) is 12.7. The molecule has 0 spiro atoms. The molecule has 1 aromatic rings. The molecule has 0 saturated carbocycles. The van der Waals surface area contributed by atoms with Crippen LogP contribution in [0.15, 0.2) is 18.3 Å². The molecule has 92 valence electrons. The third-order valence-electron chi connectivity index (χ3n) is 3.15. The number of hydrogen-bond donors (Lipinski definition) is 2. The van der Waals surface area contributed by atoms with Gasteiger partial charge in [-0.05, 0) is 25.8 Å². The summed E-state index contributed by atoms with van der Waals surface area (Å²) in [6, 6.07) is 5.80. The van der Waals surface area contributed by atoms with E-state index in [1.165, 1.54) is 0 Å². The van der Waals surface area contributed by atoms with E-state index in [-0.39, 0.29) is 12.1 Å². The number of aliphatic hydroxyl groups is 1. The van der Waals surface area contributed by atoms with Crippen molar-refractivity contribution in [2.45, 2.75) is 38.8 Å². The van der Waals surface area contributed by atoms with E-state index >= 15 is 0 Å². The predicted molar refractivity (Wildman–Crippen MR) is 66.2 cm³/mol. The zero-order valence-corrected chi connectivity index (χ0v) is 10.4. The standard InChI is InChI=1S/C13H19N3O/c1-3-13(2,6-8-17)16-10-11-5-4-7-15-12(11)9-14/h4-5,7,16-17H,3,6,8,10H2,1-2H3. The van der Waals surface area contributed by atoms with Crippen molar-refractivity contribution in [3.8, 4) is 6.07 Å². The minimum atomic E-state index is -0.0999. The molecule has 1 rings (SSSR count). The molecular formula is C13H19N3O. The van der Waals surface area contributed by atoms with Gasteiger partial charge in [0.15, 0.2) is 0 Å². The van der Waals surface area contributed by atoms with Crippen molar-refractivity contribution in [1.82, 2.24) is 10.3 Å². The topological polar surface area (TPSA) is 68.9 Å². The largest absolute Gasteiger partial charge is 0.396 e. The number of rotatable bonds is 6. The minimum absolute atomic E-state index is 0.0999. The second-order valence-corrected chi connectivity index (χ2v) is 4.36. The molecule has 1 unspecified atom stereocenters. The molecule has 0 amide bonds. The van der Waals surface area contributed by atoms with E-state index in [2.05, 4.69) is 30.2 Å². The van der Waals surface area contributed by atoms with Crippen LogP contribution in [0.5, 0.6) is 0 Å². The van der Waals surface area contributed by atoms with Gasteiger partial charge in [0.2, 0.25) is 0 Å². The fourth-order valence-electron chi connectivity index (χ4n) is 1.63. The molecule has 0 aliphatic heterocycles. The average molecular weight is 233 g/mol. The molecule has 0 radical (unpaired) electrons. The van der Waals surface area contributed by atoms with E-state index in [0.717, 1.165) is 12.0 Å². The number of hydrogen-bond acceptors (Lipinski definition) is 4. The van der Waals surface area contributed by atoms with Crippen molar-refractivity contribution in [2.24, 2.45) is 0 Å². The molecule has 0 fully saturated rings. The number of nitrogens with zero attached hydrogens (tertiary/aromatic N) is 2. The molecule has 4 heteroatoms. The Bertz CT molecular complexity index is 400. The highest BCUT2D eigenvalue weighted by Gasteiger charge is 2.20. The first-order valence-corrected chi connectivity index (χ1v) is 5.85. The summed E-state index contributed by atoms with van der Waals surface area (Å²) >= 11 is 0. The summed E-state index contributed by atoms with van der Waals surface area (Å²) < 4.78 is 0. The molecule has 0 bridgehead atoms. The third kappa shape index (κ3) is 3.81. The van der Waals surface area contributed by atoms with Crippen molar-refractivity contribution in [3.05, 3.63) is 29.6 Å². The van der Waals surface area contributed by atoms with E-state index in [1.54, 1.807) is 6.20 Å². The molecular weight excluding hydrogens is 214 g/mol. The first-order chi connectivity index (χ1) is 8.15. The first-order valence-electron chi connectivity index (χ1n) is 5.85. The highest BCUT2D eigenvalue weighted by atomic mass is 16.3. The summed E-state index contributed by atoms with van der Waals surface area (Å²) in [7, 11) is 0. The Morgan fingerprint density at radius 1 is 1.59 bits per heavy atom. The second-order valence-electron chi connectivity index (χ2n) is 4.36. The normalized spacial score (nSPS) is 14.0. The Balaban J connectivity index is 2.69. The molecule has 4 nitrogen and oxygen atoms in total. The molecule has 1 atom stereocenters. The van der Waals surface area contributed by atoms with Crippen LogP contribution in [0.3, 0.4) is 0 Å². The van der Waals surface area contributed by atoms with Gasteiger partial charge in [0, 0.05) is 30.5 Å². The van der Waals surface area contributed by atoms with Gasteiger partial charge in [0.05, 0.1) is 0 Å². The van der Waals surface area contributed by atoms with Crippen LogP contribution in [0, 0.1) is 11.3 Å². The van der Waals surface area contributed by atoms with E-state index in [1.807, 2.05) is 12.1 Å². The van der Waals surface area contributed by atoms with Gasteiger partial charge in [-0.1, -0.05) is 13.0 Å². The Kier molecular flexibility index (Phi) is 5.08. The SMILES string of the molecule is CCC(C)(CCO)NCc1cccnc1C#N. The summed E-state index contributed by atoms with van der Waals surface area (Å²) in [5.41, 5.74) is 1.26. The molecule has 0 aromatic carbocycles. The number of aliphatic hydroxyl groups excluding tert-OH is 1. The maximum absolute atomic E-state index is 9.03. The number of aromatic nitrogens is 1. The highest BCUT2D eigenvalue weighted by molar-refractivity contribution is 5.30. The first kappa shape index (κ1) is 13.6. The Morgan fingerprint density at radius 2 is 2.35 bits per heavy atom. The third-order valence-corrected chi connectivity index (χ3v) is 3.15. The van der Waals surface area contributed by atoms with Gasteiger partial charge >= 0.3 is 0 Å². The average Bonchev–Trinajstić information content (AvgIpc) is 2.37. The van der Waals surface area contributed by atoms with E-state index < -0.39 is 0 Å². The quantitative estimate of drug-likeness (QED) is 0.783. The maximum atomic E-state index is 9.03. The lowest BCUT2D eigenvalue weighted by molar-refractivity contribution is 0.214. The summed E-state index contributed by atoms with van der Waals surface area (Å²) in [6.45, 7) is 4.92. The Hall–Kier alpha value is -1.44. The molecule has 1 aromatic heterocycles. The summed E-state index contributed by atoms with van der Waals surface area (Å²) in [4.78, 5) is 4.02. The van der Waals surface area contributed by atoms with E-state index in [4.69, 9.17) is 10.4 Å². The van der Waals surface area contributed by atoms with Crippen LogP contribution in [-0.4, -0.2) is 22.2 Å². The van der Waals surface area contributed by atoms with Gasteiger partial charge in [-0.3, -0.25) is 0 Å². The molecule has 0 aliphatic carbocycles. The molecule has 1 heterocycles. The molecule has 2 N–H and O–H groups in total. The van der Waals surface area contributed by atoms with Gasteiger partial charge in [-0.15, -0.1) is 0 Å². The van der Waals surface area contributed by atoms with Crippen LogP contribution in [-0.2, 0) is 6.54 Å². The maximum Gasteiger partial charge on any atom is 0.144 e. The lowest BCUT2D eigenvalue weighted by Crippen LogP contribution is -2.42. The summed E-state index contributed by atoms with van der Waals surface area (Å²) in [6.07, 6.45) is 3.25. The van der Waals surface area contributed by atoms with Gasteiger partial charge < -0.3 is 10.4 Å². The highest BCUT2D eigenvalue weighted by Crippen LogP contribution is 2.15. The van der Waals surface area contributed by atoms with Gasteiger partial charge in [0.25, 0.3) is 0 Å². The van der Waals surface area contributed by atoms with Crippen molar-refractivity contribution in [3.63, 3.8) is 0 Å². The van der Waals surface area contributed by atoms with Gasteiger partial charge in [-0.25, -0.2) is 4.98 Å². The van der Waals surface area contributed by atoms with E-state index in [0.29, 0.717) is 18.7 Å².